The zero-order chi connectivity index (χ0) is 19.4. The maximum absolute atomic E-state index is 12.4. The van der Waals surface area contributed by atoms with Gasteiger partial charge in [-0.25, -0.2) is 4.98 Å². The number of nitrogens with zero attached hydrogens (tertiary/aromatic N) is 1. The highest BCUT2D eigenvalue weighted by molar-refractivity contribution is 7.13. The smallest absolute Gasteiger partial charge is 0.230 e. The van der Waals surface area contributed by atoms with Gasteiger partial charge in [-0.3, -0.25) is 4.79 Å². The Kier molecular flexibility index (Phi) is 5.91. The van der Waals surface area contributed by atoms with Crippen LogP contribution in [0.1, 0.15) is 36.6 Å². The fourth-order valence-corrected chi connectivity index (χ4v) is 3.64. The minimum absolute atomic E-state index is 0.106. The quantitative estimate of drug-likeness (QED) is 0.620. The summed E-state index contributed by atoms with van der Waals surface area (Å²) in [6.07, 6.45) is 0.234. The van der Waals surface area contributed by atoms with Crippen LogP contribution in [0.2, 0.25) is 0 Å². The number of carbonyl (C=O) groups excluding carboxylic acids is 1. The van der Waals surface area contributed by atoms with Crippen LogP contribution in [-0.4, -0.2) is 18.0 Å². The molecule has 140 valence electrons. The van der Waals surface area contributed by atoms with E-state index >= 15 is 0 Å². The number of hydrogen-bond acceptors (Lipinski definition) is 4. The molecule has 0 aliphatic rings. The summed E-state index contributed by atoms with van der Waals surface area (Å²) in [5.74, 6) is 1.05. The molecule has 3 rings (SSSR count). The third-order valence-electron chi connectivity index (χ3n) is 4.35. The van der Waals surface area contributed by atoms with Crippen molar-refractivity contribution in [1.82, 2.24) is 4.98 Å². The molecule has 1 amide bonds. The summed E-state index contributed by atoms with van der Waals surface area (Å²) < 4.78 is 5.31. The molecule has 0 fully saturated rings. The van der Waals surface area contributed by atoms with Crippen LogP contribution in [0.15, 0.2) is 47.8 Å². The Bertz CT molecular complexity index is 930. The molecule has 0 atom stereocenters. The van der Waals surface area contributed by atoms with E-state index in [0.29, 0.717) is 17.4 Å². The molecule has 0 radical (unpaired) electrons. The molecule has 0 spiro atoms. The highest BCUT2D eigenvalue weighted by Gasteiger charge is 2.12. The van der Waals surface area contributed by atoms with E-state index in [0.717, 1.165) is 21.8 Å². The first-order valence-corrected chi connectivity index (χ1v) is 9.83. The van der Waals surface area contributed by atoms with Crippen LogP contribution >= 0.6 is 11.3 Å². The van der Waals surface area contributed by atoms with Gasteiger partial charge in [-0.05, 0) is 36.1 Å². The van der Waals surface area contributed by atoms with Crippen molar-refractivity contribution in [3.05, 3.63) is 64.7 Å². The number of carbonyl (C=O) groups is 1. The Morgan fingerprint density at radius 1 is 1.19 bits per heavy atom. The number of amides is 1. The number of aryl methyl sites for hydroxylation is 1. The number of aromatic nitrogens is 1. The maximum atomic E-state index is 12.4. The van der Waals surface area contributed by atoms with E-state index in [1.165, 1.54) is 5.56 Å². The van der Waals surface area contributed by atoms with Crippen molar-refractivity contribution >= 4 is 22.9 Å². The van der Waals surface area contributed by atoms with Crippen LogP contribution in [0.5, 0.6) is 5.75 Å². The van der Waals surface area contributed by atoms with Crippen LogP contribution in [0.25, 0.3) is 10.6 Å². The van der Waals surface area contributed by atoms with Gasteiger partial charge in [0.15, 0.2) is 0 Å². The minimum Gasteiger partial charge on any atom is -0.495 e. The molecule has 1 heterocycles. The van der Waals surface area contributed by atoms with Gasteiger partial charge < -0.3 is 10.1 Å². The van der Waals surface area contributed by atoms with Gasteiger partial charge in [-0.1, -0.05) is 44.2 Å². The number of rotatable bonds is 6. The van der Waals surface area contributed by atoms with Gasteiger partial charge in [0, 0.05) is 10.9 Å². The number of ether oxygens (including phenoxy) is 1. The summed E-state index contributed by atoms with van der Waals surface area (Å²) >= 11 is 1.56. The Morgan fingerprint density at radius 2 is 1.93 bits per heavy atom. The fraction of sp³-hybridized carbons (Fsp3) is 0.273. The molecule has 4 nitrogen and oxygen atoms in total. The molecule has 0 saturated heterocycles. The average molecular weight is 381 g/mol. The van der Waals surface area contributed by atoms with Crippen molar-refractivity contribution in [2.45, 2.75) is 33.1 Å². The van der Waals surface area contributed by atoms with Crippen LogP contribution in [0.3, 0.4) is 0 Å². The number of benzene rings is 2. The van der Waals surface area contributed by atoms with E-state index in [-0.39, 0.29) is 12.3 Å². The van der Waals surface area contributed by atoms with Crippen molar-refractivity contribution in [2.24, 2.45) is 0 Å². The van der Waals surface area contributed by atoms with Crippen LogP contribution < -0.4 is 10.1 Å². The van der Waals surface area contributed by atoms with Crippen molar-refractivity contribution in [3.63, 3.8) is 0 Å². The highest BCUT2D eigenvalue weighted by Crippen LogP contribution is 2.27. The van der Waals surface area contributed by atoms with E-state index in [1.807, 2.05) is 30.5 Å². The predicted octanol–water partition coefficient (Wildman–Crippen LogP) is 5.43. The summed E-state index contributed by atoms with van der Waals surface area (Å²) in [5.41, 5.74) is 4.90. The van der Waals surface area contributed by atoms with Gasteiger partial charge in [-0.2, -0.15) is 0 Å². The first-order chi connectivity index (χ1) is 13.0. The molecule has 0 bridgehead atoms. The SMILES string of the molecule is COc1ccc(C)cc1NC(=O)Cc1csc(-c2ccc(C(C)C)cc2)n1. The lowest BCUT2D eigenvalue weighted by atomic mass is 10.0. The number of methoxy groups -OCH3 is 1. The lowest BCUT2D eigenvalue weighted by molar-refractivity contribution is -0.115. The maximum Gasteiger partial charge on any atom is 0.230 e. The van der Waals surface area contributed by atoms with Crippen molar-refractivity contribution in [1.29, 1.82) is 0 Å². The summed E-state index contributed by atoms with van der Waals surface area (Å²) in [6, 6.07) is 14.2. The largest absolute Gasteiger partial charge is 0.495 e. The number of nitrogens with one attached hydrogen (secondary N) is 1. The minimum atomic E-state index is -0.106. The zero-order valence-corrected chi connectivity index (χ0v) is 16.9. The van der Waals surface area contributed by atoms with Crippen molar-refractivity contribution in [3.8, 4) is 16.3 Å². The molecule has 3 aromatic rings. The second kappa shape index (κ2) is 8.35. The van der Waals surface area contributed by atoms with E-state index in [4.69, 9.17) is 4.74 Å². The molecule has 1 N–H and O–H groups in total. The predicted molar refractivity (Wildman–Crippen MR) is 112 cm³/mol. The Balaban J connectivity index is 1.68. The molecular formula is C22H24N2O2S. The molecule has 5 heteroatoms. The molecular weight excluding hydrogens is 356 g/mol. The second-order valence-corrected chi connectivity index (χ2v) is 7.71. The third kappa shape index (κ3) is 4.74. The zero-order valence-electron chi connectivity index (χ0n) is 16.1. The molecule has 0 unspecified atom stereocenters. The van der Waals surface area contributed by atoms with E-state index in [1.54, 1.807) is 18.4 Å². The molecule has 0 aliphatic heterocycles. The monoisotopic (exact) mass is 380 g/mol. The molecule has 0 aliphatic carbocycles. The Labute approximate surface area is 164 Å². The fourth-order valence-electron chi connectivity index (χ4n) is 2.81. The van der Waals surface area contributed by atoms with Gasteiger partial charge in [0.05, 0.1) is 24.9 Å². The lowest BCUT2D eigenvalue weighted by Gasteiger charge is -2.10. The topological polar surface area (TPSA) is 51.2 Å². The van der Waals surface area contributed by atoms with Crippen molar-refractivity contribution in [2.75, 3.05) is 12.4 Å². The van der Waals surface area contributed by atoms with E-state index < -0.39 is 0 Å². The lowest BCUT2D eigenvalue weighted by Crippen LogP contribution is -2.15. The molecule has 2 aromatic carbocycles. The van der Waals surface area contributed by atoms with Crippen LogP contribution in [-0.2, 0) is 11.2 Å². The molecule has 27 heavy (non-hydrogen) atoms. The van der Waals surface area contributed by atoms with Crippen molar-refractivity contribution < 1.29 is 9.53 Å². The van der Waals surface area contributed by atoms with Gasteiger partial charge in [0.1, 0.15) is 10.8 Å². The van der Waals surface area contributed by atoms with Gasteiger partial charge in [-0.15, -0.1) is 11.3 Å². The summed E-state index contributed by atoms with van der Waals surface area (Å²) in [6.45, 7) is 6.34. The normalized spacial score (nSPS) is 10.9. The average Bonchev–Trinajstić information content (AvgIpc) is 3.10. The first-order valence-electron chi connectivity index (χ1n) is 8.95. The first kappa shape index (κ1) is 19.1. The third-order valence-corrected chi connectivity index (χ3v) is 5.29. The van der Waals surface area contributed by atoms with Gasteiger partial charge >= 0.3 is 0 Å². The summed E-state index contributed by atoms with van der Waals surface area (Å²) in [7, 11) is 1.59. The molecule has 1 aromatic heterocycles. The highest BCUT2D eigenvalue weighted by atomic mass is 32.1. The second-order valence-electron chi connectivity index (χ2n) is 6.85. The standard InChI is InChI=1S/C22H24N2O2S/c1-14(2)16-6-8-17(9-7-16)22-23-18(13-27-22)12-21(25)24-19-11-15(3)5-10-20(19)26-4/h5-11,13-14H,12H2,1-4H3,(H,24,25). The van der Waals surface area contributed by atoms with Crippen LogP contribution in [0, 0.1) is 6.92 Å². The van der Waals surface area contributed by atoms with E-state index in [2.05, 4.69) is 48.4 Å². The number of hydrogen-bond donors (Lipinski definition) is 1. The Morgan fingerprint density at radius 3 is 2.59 bits per heavy atom. The van der Waals surface area contributed by atoms with Gasteiger partial charge in [0.25, 0.3) is 0 Å². The Hall–Kier alpha value is -2.66. The summed E-state index contributed by atoms with van der Waals surface area (Å²) in [4.78, 5) is 17.0. The summed E-state index contributed by atoms with van der Waals surface area (Å²) in [5, 5.41) is 5.80. The van der Waals surface area contributed by atoms with Crippen LogP contribution in [0.4, 0.5) is 5.69 Å². The number of anilines is 1. The van der Waals surface area contributed by atoms with Gasteiger partial charge in [0.2, 0.25) is 5.91 Å². The molecule has 0 saturated carbocycles. The number of thiazole rings is 1. The van der Waals surface area contributed by atoms with E-state index in [9.17, 15) is 4.79 Å².